The Labute approximate surface area is 231 Å². The lowest BCUT2D eigenvalue weighted by Crippen LogP contribution is -2.49. The first kappa shape index (κ1) is 28.7. The zero-order valence-electron chi connectivity index (χ0n) is 22.8. The van der Waals surface area contributed by atoms with Crippen LogP contribution in [0.2, 0.25) is 0 Å². The number of benzene rings is 2. The standard InChI is InChI=1S/C31H42N2O4S/c1-22-8-6-7-11-26(22)28-18-24(12-13-27(28)30(34)32-29(31(35)36)15-17-38-2)19-33-16-14-25(33)21-37-20-23-9-4-3-5-10-23/h6-8,11-13,18,23,25,29H,3-5,9-10,14-17,19-21H2,1-2H3,(H,32,34)(H,35,36). The summed E-state index contributed by atoms with van der Waals surface area (Å²) < 4.78 is 6.14. The molecule has 1 aliphatic heterocycles. The monoisotopic (exact) mass is 538 g/mol. The first-order valence-corrected chi connectivity index (χ1v) is 15.4. The van der Waals surface area contributed by atoms with Crippen LogP contribution in [0.1, 0.15) is 66.4 Å². The average Bonchev–Trinajstić information content (AvgIpc) is 2.92. The quantitative estimate of drug-likeness (QED) is 0.337. The van der Waals surface area contributed by atoms with Crippen LogP contribution in [0.4, 0.5) is 0 Å². The highest BCUT2D eigenvalue weighted by Crippen LogP contribution is 2.30. The number of nitrogens with zero attached hydrogens (tertiary/aromatic N) is 1. The second-order valence-electron chi connectivity index (χ2n) is 10.8. The van der Waals surface area contributed by atoms with Gasteiger partial charge >= 0.3 is 5.97 Å². The molecule has 6 nitrogen and oxygen atoms in total. The summed E-state index contributed by atoms with van der Waals surface area (Å²) in [4.78, 5) is 27.5. The predicted molar refractivity (Wildman–Crippen MR) is 155 cm³/mol. The minimum absolute atomic E-state index is 0.346. The fourth-order valence-electron chi connectivity index (χ4n) is 5.56. The highest BCUT2D eigenvalue weighted by Gasteiger charge is 2.29. The molecule has 0 bridgehead atoms. The summed E-state index contributed by atoms with van der Waals surface area (Å²) in [5, 5.41) is 12.4. The molecule has 0 aromatic heterocycles. The molecular formula is C31H42N2O4S. The van der Waals surface area contributed by atoms with E-state index in [1.807, 2.05) is 49.6 Å². The van der Waals surface area contributed by atoms with Crippen molar-refractivity contribution in [3.05, 3.63) is 59.2 Å². The van der Waals surface area contributed by atoms with Gasteiger partial charge in [-0.2, -0.15) is 11.8 Å². The molecule has 38 heavy (non-hydrogen) atoms. The number of aliphatic carboxylic acids is 1. The largest absolute Gasteiger partial charge is 0.480 e. The second-order valence-corrected chi connectivity index (χ2v) is 11.8. The van der Waals surface area contributed by atoms with Crippen molar-refractivity contribution >= 4 is 23.6 Å². The van der Waals surface area contributed by atoms with Crippen LogP contribution in [0.3, 0.4) is 0 Å². The van der Waals surface area contributed by atoms with E-state index in [1.165, 1.54) is 32.1 Å². The van der Waals surface area contributed by atoms with E-state index in [4.69, 9.17) is 4.74 Å². The third-order valence-electron chi connectivity index (χ3n) is 8.02. The van der Waals surface area contributed by atoms with Crippen LogP contribution in [-0.2, 0) is 16.1 Å². The van der Waals surface area contributed by atoms with Crippen molar-refractivity contribution < 1.29 is 19.4 Å². The Bertz CT molecular complexity index is 1090. The van der Waals surface area contributed by atoms with Crippen molar-refractivity contribution in [1.29, 1.82) is 0 Å². The molecule has 0 radical (unpaired) electrons. The Hall–Kier alpha value is -2.35. The van der Waals surface area contributed by atoms with Gasteiger partial charge in [0.05, 0.1) is 6.61 Å². The topological polar surface area (TPSA) is 78.9 Å². The molecule has 2 N–H and O–H groups in total. The number of carboxylic acids is 1. The van der Waals surface area contributed by atoms with Crippen molar-refractivity contribution in [3.63, 3.8) is 0 Å². The summed E-state index contributed by atoms with van der Waals surface area (Å²) in [7, 11) is 0. The van der Waals surface area contributed by atoms with Crippen molar-refractivity contribution in [2.75, 3.05) is 31.8 Å². The summed E-state index contributed by atoms with van der Waals surface area (Å²) in [6.45, 7) is 5.57. The molecule has 1 saturated heterocycles. The molecule has 2 fully saturated rings. The van der Waals surface area contributed by atoms with Crippen LogP contribution >= 0.6 is 11.8 Å². The lowest BCUT2D eigenvalue weighted by molar-refractivity contribution is -0.139. The molecule has 1 heterocycles. The molecule has 1 saturated carbocycles. The van der Waals surface area contributed by atoms with Crippen LogP contribution in [0.25, 0.3) is 11.1 Å². The van der Waals surface area contributed by atoms with Crippen LogP contribution in [0.5, 0.6) is 0 Å². The van der Waals surface area contributed by atoms with Gasteiger partial charge < -0.3 is 15.2 Å². The number of ether oxygens (including phenoxy) is 1. The maximum absolute atomic E-state index is 13.3. The van der Waals surface area contributed by atoms with E-state index in [0.29, 0.717) is 23.8 Å². The van der Waals surface area contributed by atoms with Gasteiger partial charge in [-0.05, 0) is 84.9 Å². The molecule has 2 atom stereocenters. The van der Waals surface area contributed by atoms with Gasteiger partial charge in [-0.25, -0.2) is 4.79 Å². The minimum Gasteiger partial charge on any atom is -0.480 e. The number of aryl methyl sites for hydroxylation is 1. The third-order valence-corrected chi connectivity index (χ3v) is 8.66. The Balaban J connectivity index is 1.46. The van der Waals surface area contributed by atoms with E-state index in [2.05, 4.69) is 16.3 Å². The second kappa shape index (κ2) is 14.2. The number of carbonyl (C=O) groups is 2. The van der Waals surface area contributed by atoms with Gasteiger partial charge in [0.2, 0.25) is 0 Å². The van der Waals surface area contributed by atoms with Gasteiger partial charge in [-0.1, -0.05) is 49.6 Å². The lowest BCUT2D eigenvalue weighted by Gasteiger charge is -2.41. The predicted octanol–water partition coefficient (Wildman–Crippen LogP) is 5.77. The van der Waals surface area contributed by atoms with Gasteiger partial charge in [0.25, 0.3) is 5.91 Å². The van der Waals surface area contributed by atoms with Crippen molar-refractivity contribution in [3.8, 4) is 11.1 Å². The van der Waals surface area contributed by atoms with Gasteiger partial charge in [0.1, 0.15) is 6.04 Å². The van der Waals surface area contributed by atoms with Crippen molar-refractivity contribution in [1.82, 2.24) is 10.2 Å². The normalized spacial score (nSPS) is 19.1. The van der Waals surface area contributed by atoms with Crippen LogP contribution in [0.15, 0.2) is 42.5 Å². The molecule has 1 aliphatic carbocycles. The number of likely N-dealkylation sites (tertiary alicyclic amines) is 1. The zero-order valence-corrected chi connectivity index (χ0v) is 23.6. The van der Waals surface area contributed by atoms with Gasteiger partial charge in [-0.15, -0.1) is 0 Å². The smallest absolute Gasteiger partial charge is 0.326 e. The fraction of sp³-hybridized carbons (Fsp3) is 0.548. The molecule has 4 rings (SSSR count). The molecule has 1 amide bonds. The highest BCUT2D eigenvalue weighted by molar-refractivity contribution is 7.98. The number of thioether (sulfide) groups is 1. The molecule has 7 heteroatoms. The van der Waals surface area contributed by atoms with E-state index in [1.54, 1.807) is 11.8 Å². The number of rotatable bonds is 13. The molecule has 206 valence electrons. The Kier molecular flexibility index (Phi) is 10.7. The number of amides is 1. The summed E-state index contributed by atoms with van der Waals surface area (Å²) in [6.07, 6.45) is 10.1. The van der Waals surface area contributed by atoms with E-state index >= 15 is 0 Å². The number of carbonyl (C=O) groups excluding carboxylic acids is 1. The Morgan fingerprint density at radius 3 is 2.55 bits per heavy atom. The number of nitrogens with one attached hydrogen (secondary N) is 1. The highest BCUT2D eigenvalue weighted by atomic mass is 32.2. The summed E-state index contributed by atoms with van der Waals surface area (Å²) in [6, 6.07) is 13.5. The summed E-state index contributed by atoms with van der Waals surface area (Å²) in [5.41, 5.74) is 4.57. The molecule has 2 aliphatic rings. The van der Waals surface area contributed by atoms with E-state index in [0.717, 1.165) is 60.9 Å². The lowest BCUT2D eigenvalue weighted by atomic mass is 9.90. The molecular weight excluding hydrogens is 496 g/mol. The maximum atomic E-state index is 13.3. The molecule has 2 unspecified atom stereocenters. The van der Waals surface area contributed by atoms with Gasteiger partial charge in [0.15, 0.2) is 0 Å². The maximum Gasteiger partial charge on any atom is 0.326 e. The number of hydrogen-bond donors (Lipinski definition) is 2. The Morgan fingerprint density at radius 2 is 1.87 bits per heavy atom. The van der Waals surface area contributed by atoms with E-state index < -0.39 is 12.0 Å². The number of hydrogen-bond acceptors (Lipinski definition) is 5. The molecule has 2 aromatic carbocycles. The average molecular weight is 539 g/mol. The molecule has 0 spiro atoms. The molecule has 2 aromatic rings. The van der Waals surface area contributed by atoms with Crippen LogP contribution in [0, 0.1) is 12.8 Å². The van der Waals surface area contributed by atoms with Crippen LogP contribution in [-0.4, -0.2) is 65.7 Å². The first-order valence-electron chi connectivity index (χ1n) is 14.0. The van der Waals surface area contributed by atoms with E-state index in [-0.39, 0.29) is 5.91 Å². The van der Waals surface area contributed by atoms with Crippen molar-refractivity contribution in [2.24, 2.45) is 5.92 Å². The van der Waals surface area contributed by atoms with Gasteiger partial charge in [-0.3, -0.25) is 9.69 Å². The Morgan fingerprint density at radius 1 is 1.08 bits per heavy atom. The summed E-state index contributed by atoms with van der Waals surface area (Å²) >= 11 is 1.57. The van der Waals surface area contributed by atoms with Crippen LogP contribution < -0.4 is 5.32 Å². The zero-order chi connectivity index (χ0) is 26.9. The fourth-order valence-corrected chi connectivity index (χ4v) is 6.04. The van der Waals surface area contributed by atoms with Gasteiger partial charge in [0, 0.05) is 31.3 Å². The third kappa shape index (κ3) is 7.61. The van der Waals surface area contributed by atoms with Crippen molar-refractivity contribution in [2.45, 2.75) is 70.5 Å². The first-order chi connectivity index (χ1) is 18.5. The minimum atomic E-state index is -1.00. The van der Waals surface area contributed by atoms with E-state index in [9.17, 15) is 14.7 Å². The summed E-state index contributed by atoms with van der Waals surface area (Å²) in [5.74, 6) is 0.0497. The SMILES string of the molecule is CSCCC(NC(=O)c1ccc(CN2CCC2COCC2CCCCC2)cc1-c1ccccc1C)C(=O)O. The number of carboxylic acid groups (broad SMARTS) is 1.